The van der Waals surface area contributed by atoms with Gasteiger partial charge in [0.05, 0.1) is 24.9 Å². The van der Waals surface area contributed by atoms with Gasteiger partial charge in [-0.2, -0.15) is 0 Å². The van der Waals surface area contributed by atoms with Crippen LogP contribution in [0.4, 0.5) is 0 Å². The molecule has 4 heteroatoms. The van der Waals surface area contributed by atoms with Gasteiger partial charge in [0.1, 0.15) is 0 Å². The normalized spacial score (nSPS) is 36.6. The molecular weight excluding hydrogens is 230 g/mol. The zero-order valence-corrected chi connectivity index (χ0v) is 11.5. The van der Waals surface area contributed by atoms with Crippen molar-refractivity contribution in [2.45, 2.75) is 43.9 Å². The lowest BCUT2D eigenvalue weighted by Gasteiger charge is -2.38. The number of nitrogens with one attached hydrogen (secondary N) is 1. The molecule has 0 radical (unpaired) electrons. The van der Waals surface area contributed by atoms with E-state index in [1.165, 1.54) is 0 Å². The molecule has 2 aliphatic rings. The molecule has 1 heterocycles. The SMILES string of the molecule is C=C(NC1[C@@H](OC)CCC[C@H]1OC)[C@@H]1CCOC1. The molecule has 0 aromatic carbocycles. The van der Waals surface area contributed by atoms with Gasteiger partial charge in [0, 0.05) is 32.4 Å². The standard InChI is InChI=1S/C14H25NO3/c1-10(11-7-8-18-9-11)15-14-12(16-2)5-4-6-13(14)17-3/h11-15H,1,4-9H2,2-3H3/t11-,12-,13+,14?/m1/s1. The van der Waals surface area contributed by atoms with E-state index < -0.39 is 0 Å². The lowest BCUT2D eigenvalue weighted by molar-refractivity contribution is -0.0385. The van der Waals surface area contributed by atoms with Gasteiger partial charge in [0.15, 0.2) is 0 Å². The Balaban J connectivity index is 1.95. The predicted octanol–water partition coefficient (Wildman–Crippen LogP) is 1.71. The fourth-order valence-electron chi connectivity index (χ4n) is 2.97. The molecule has 0 bridgehead atoms. The van der Waals surface area contributed by atoms with E-state index >= 15 is 0 Å². The molecular formula is C14H25NO3. The summed E-state index contributed by atoms with van der Waals surface area (Å²) in [5.41, 5.74) is 1.07. The highest BCUT2D eigenvalue weighted by Gasteiger charge is 2.34. The molecule has 2 fully saturated rings. The molecule has 1 saturated carbocycles. The van der Waals surface area contributed by atoms with Crippen LogP contribution in [0.2, 0.25) is 0 Å². The van der Waals surface area contributed by atoms with Crippen molar-refractivity contribution in [3.63, 3.8) is 0 Å². The molecule has 1 aliphatic heterocycles. The fourth-order valence-corrected chi connectivity index (χ4v) is 2.97. The highest BCUT2D eigenvalue weighted by atomic mass is 16.5. The summed E-state index contributed by atoms with van der Waals surface area (Å²) in [6.45, 7) is 5.80. The first kappa shape index (κ1) is 13.8. The molecule has 18 heavy (non-hydrogen) atoms. The minimum Gasteiger partial charge on any atom is -0.381 e. The summed E-state index contributed by atoms with van der Waals surface area (Å²) in [4.78, 5) is 0. The van der Waals surface area contributed by atoms with Gasteiger partial charge in [0.2, 0.25) is 0 Å². The third kappa shape index (κ3) is 3.05. The Morgan fingerprint density at radius 2 is 1.83 bits per heavy atom. The van der Waals surface area contributed by atoms with Crippen LogP contribution in [0.3, 0.4) is 0 Å². The van der Waals surface area contributed by atoms with Crippen molar-refractivity contribution in [2.24, 2.45) is 5.92 Å². The minimum atomic E-state index is 0.210. The molecule has 0 amide bonds. The van der Waals surface area contributed by atoms with Crippen molar-refractivity contribution in [1.29, 1.82) is 0 Å². The number of hydrogen-bond acceptors (Lipinski definition) is 4. The molecule has 104 valence electrons. The van der Waals surface area contributed by atoms with E-state index in [2.05, 4.69) is 11.9 Å². The number of methoxy groups -OCH3 is 2. The quantitative estimate of drug-likeness (QED) is 0.812. The summed E-state index contributed by atoms with van der Waals surface area (Å²) in [5.74, 6) is 0.432. The summed E-state index contributed by atoms with van der Waals surface area (Å²) in [6, 6.07) is 0.210. The van der Waals surface area contributed by atoms with Crippen LogP contribution in [0.5, 0.6) is 0 Å². The number of rotatable bonds is 5. The van der Waals surface area contributed by atoms with Crippen molar-refractivity contribution in [1.82, 2.24) is 5.32 Å². The van der Waals surface area contributed by atoms with Crippen LogP contribution in [0.1, 0.15) is 25.7 Å². The Labute approximate surface area is 110 Å². The lowest BCUT2D eigenvalue weighted by Crippen LogP contribution is -2.52. The van der Waals surface area contributed by atoms with Gasteiger partial charge in [0.25, 0.3) is 0 Å². The monoisotopic (exact) mass is 255 g/mol. The van der Waals surface area contributed by atoms with E-state index in [9.17, 15) is 0 Å². The fraction of sp³-hybridized carbons (Fsp3) is 0.857. The van der Waals surface area contributed by atoms with Crippen LogP contribution in [-0.2, 0) is 14.2 Å². The smallest absolute Gasteiger partial charge is 0.0797 e. The molecule has 1 N–H and O–H groups in total. The van der Waals surface area contributed by atoms with Gasteiger partial charge in [-0.1, -0.05) is 6.58 Å². The predicted molar refractivity (Wildman–Crippen MR) is 70.4 cm³/mol. The average molecular weight is 255 g/mol. The topological polar surface area (TPSA) is 39.7 Å². The van der Waals surface area contributed by atoms with Crippen molar-refractivity contribution in [3.8, 4) is 0 Å². The van der Waals surface area contributed by atoms with Crippen LogP contribution in [0.25, 0.3) is 0 Å². The summed E-state index contributed by atoms with van der Waals surface area (Å²) in [5, 5.41) is 3.54. The Kier molecular flexibility index (Phi) is 5.03. The first-order chi connectivity index (χ1) is 8.76. The van der Waals surface area contributed by atoms with Gasteiger partial charge in [-0.05, 0) is 25.7 Å². The van der Waals surface area contributed by atoms with Crippen molar-refractivity contribution in [3.05, 3.63) is 12.3 Å². The van der Waals surface area contributed by atoms with E-state index in [4.69, 9.17) is 14.2 Å². The van der Waals surface area contributed by atoms with Crippen LogP contribution >= 0.6 is 0 Å². The maximum Gasteiger partial charge on any atom is 0.0797 e. The number of hydrogen-bond donors (Lipinski definition) is 1. The number of ether oxygens (including phenoxy) is 3. The highest BCUT2D eigenvalue weighted by Crippen LogP contribution is 2.26. The van der Waals surface area contributed by atoms with Gasteiger partial charge < -0.3 is 19.5 Å². The minimum absolute atomic E-state index is 0.210. The molecule has 0 aromatic heterocycles. The first-order valence-corrected chi connectivity index (χ1v) is 6.85. The van der Waals surface area contributed by atoms with E-state index in [0.29, 0.717) is 5.92 Å². The average Bonchev–Trinajstić information content (AvgIpc) is 2.93. The molecule has 4 nitrogen and oxygen atoms in total. The highest BCUT2D eigenvalue weighted by molar-refractivity contribution is 5.05. The van der Waals surface area contributed by atoms with Crippen LogP contribution in [0, 0.1) is 5.92 Å². The zero-order chi connectivity index (χ0) is 13.0. The Morgan fingerprint density at radius 1 is 1.17 bits per heavy atom. The van der Waals surface area contributed by atoms with Crippen LogP contribution in [-0.4, -0.2) is 45.7 Å². The summed E-state index contributed by atoms with van der Waals surface area (Å²) < 4.78 is 16.6. The molecule has 0 spiro atoms. The zero-order valence-electron chi connectivity index (χ0n) is 11.5. The third-order valence-corrected chi connectivity index (χ3v) is 4.16. The molecule has 1 saturated heterocycles. The summed E-state index contributed by atoms with van der Waals surface area (Å²) >= 11 is 0. The third-order valence-electron chi connectivity index (χ3n) is 4.16. The van der Waals surface area contributed by atoms with E-state index in [-0.39, 0.29) is 18.2 Å². The van der Waals surface area contributed by atoms with E-state index in [0.717, 1.165) is 44.6 Å². The van der Waals surface area contributed by atoms with Crippen molar-refractivity contribution >= 4 is 0 Å². The van der Waals surface area contributed by atoms with Gasteiger partial charge in [-0.25, -0.2) is 0 Å². The first-order valence-electron chi connectivity index (χ1n) is 6.85. The van der Waals surface area contributed by atoms with Crippen LogP contribution in [0.15, 0.2) is 12.3 Å². The van der Waals surface area contributed by atoms with Gasteiger partial charge >= 0.3 is 0 Å². The largest absolute Gasteiger partial charge is 0.381 e. The Hall–Kier alpha value is -0.580. The Morgan fingerprint density at radius 3 is 2.33 bits per heavy atom. The second-order valence-electron chi connectivity index (χ2n) is 5.24. The van der Waals surface area contributed by atoms with Crippen molar-refractivity contribution in [2.75, 3.05) is 27.4 Å². The summed E-state index contributed by atoms with van der Waals surface area (Å²) in [7, 11) is 3.55. The van der Waals surface area contributed by atoms with Crippen molar-refractivity contribution < 1.29 is 14.2 Å². The summed E-state index contributed by atoms with van der Waals surface area (Å²) in [6.07, 6.45) is 4.82. The molecule has 0 aromatic rings. The second-order valence-corrected chi connectivity index (χ2v) is 5.24. The van der Waals surface area contributed by atoms with Gasteiger partial charge in [-0.15, -0.1) is 0 Å². The lowest BCUT2D eigenvalue weighted by atomic mass is 9.88. The van der Waals surface area contributed by atoms with E-state index in [1.54, 1.807) is 14.2 Å². The van der Waals surface area contributed by atoms with Crippen LogP contribution < -0.4 is 5.32 Å². The van der Waals surface area contributed by atoms with E-state index in [1.807, 2.05) is 0 Å². The molecule has 1 aliphatic carbocycles. The molecule has 4 atom stereocenters. The molecule has 1 unspecified atom stereocenters. The maximum atomic E-state index is 5.58. The molecule has 2 rings (SSSR count). The Bertz CT molecular complexity index is 264. The van der Waals surface area contributed by atoms with Gasteiger partial charge in [-0.3, -0.25) is 0 Å². The second kappa shape index (κ2) is 6.55. The maximum absolute atomic E-state index is 5.58.